The molecule has 0 heterocycles. The molecule has 0 saturated heterocycles. The van der Waals surface area contributed by atoms with Crippen molar-refractivity contribution in [2.45, 2.75) is 13.1 Å². The van der Waals surface area contributed by atoms with E-state index in [-0.39, 0.29) is 11.6 Å². The van der Waals surface area contributed by atoms with Crippen LogP contribution in [0.15, 0.2) is 46.9 Å². The van der Waals surface area contributed by atoms with Gasteiger partial charge in [-0.25, -0.2) is 8.78 Å². The molecule has 94 valence electrons. The summed E-state index contributed by atoms with van der Waals surface area (Å²) in [7, 11) is 0. The van der Waals surface area contributed by atoms with E-state index in [1.165, 1.54) is 12.1 Å². The molecule has 2 aromatic carbocycles. The molecule has 18 heavy (non-hydrogen) atoms. The number of hydrogen-bond acceptors (Lipinski definition) is 1. The minimum Gasteiger partial charge on any atom is -0.308 e. The van der Waals surface area contributed by atoms with Crippen LogP contribution >= 0.6 is 15.9 Å². The summed E-state index contributed by atoms with van der Waals surface area (Å²) in [5, 5.41) is 3.03. The van der Waals surface area contributed by atoms with Crippen LogP contribution in [0.4, 0.5) is 8.78 Å². The minimum atomic E-state index is -0.265. The Balaban J connectivity index is 1.96. The molecule has 0 bridgehead atoms. The molecule has 2 aromatic rings. The Hall–Kier alpha value is -1.26. The van der Waals surface area contributed by atoms with Crippen LogP contribution in [-0.2, 0) is 13.1 Å². The molecule has 0 aliphatic carbocycles. The summed E-state index contributed by atoms with van der Waals surface area (Å²) in [6.07, 6.45) is 0. The summed E-state index contributed by atoms with van der Waals surface area (Å²) < 4.78 is 27.6. The van der Waals surface area contributed by atoms with E-state index in [2.05, 4.69) is 21.2 Å². The standard InChI is InChI=1S/C14H12BrF2N/c15-12-5-6-14(17)11(7-12)9-18-8-10-3-1-2-4-13(10)16/h1-7,18H,8-9H2. The van der Waals surface area contributed by atoms with Gasteiger partial charge in [0.05, 0.1) is 0 Å². The van der Waals surface area contributed by atoms with Gasteiger partial charge in [0.25, 0.3) is 0 Å². The maximum Gasteiger partial charge on any atom is 0.127 e. The second-order valence-corrected chi connectivity index (χ2v) is 4.85. The molecule has 0 aromatic heterocycles. The Morgan fingerprint density at radius 3 is 2.33 bits per heavy atom. The highest BCUT2D eigenvalue weighted by Gasteiger charge is 2.04. The van der Waals surface area contributed by atoms with Crippen LogP contribution in [0, 0.1) is 11.6 Å². The highest BCUT2D eigenvalue weighted by molar-refractivity contribution is 9.10. The van der Waals surface area contributed by atoms with E-state index >= 15 is 0 Å². The van der Waals surface area contributed by atoms with Crippen LogP contribution in [0.25, 0.3) is 0 Å². The molecule has 0 spiro atoms. The Bertz CT molecular complexity index is 543. The first-order valence-electron chi connectivity index (χ1n) is 5.55. The van der Waals surface area contributed by atoms with Crippen molar-refractivity contribution in [2.24, 2.45) is 0 Å². The van der Waals surface area contributed by atoms with Crippen LogP contribution in [-0.4, -0.2) is 0 Å². The minimum absolute atomic E-state index is 0.250. The van der Waals surface area contributed by atoms with Crippen molar-refractivity contribution in [3.05, 3.63) is 69.7 Å². The highest BCUT2D eigenvalue weighted by atomic mass is 79.9. The van der Waals surface area contributed by atoms with Crippen LogP contribution < -0.4 is 5.32 Å². The molecule has 0 amide bonds. The highest BCUT2D eigenvalue weighted by Crippen LogP contribution is 2.15. The van der Waals surface area contributed by atoms with Gasteiger partial charge in [-0.05, 0) is 24.3 Å². The fourth-order valence-electron chi connectivity index (χ4n) is 1.65. The first kappa shape index (κ1) is 13.2. The maximum atomic E-state index is 13.4. The van der Waals surface area contributed by atoms with E-state index in [4.69, 9.17) is 0 Å². The lowest BCUT2D eigenvalue weighted by molar-refractivity contribution is 0.569. The smallest absolute Gasteiger partial charge is 0.127 e. The zero-order valence-corrected chi connectivity index (χ0v) is 11.2. The van der Waals surface area contributed by atoms with Crippen molar-refractivity contribution < 1.29 is 8.78 Å². The van der Waals surface area contributed by atoms with E-state index in [1.807, 2.05) is 0 Å². The molecule has 0 saturated carbocycles. The van der Waals surface area contributed by atoms with Crippen molar-refractivity contribution in [1.29, 1.82) is 0 Å². The topological polar surface area (TPSA) is 12.0 Å². The molecule has 2 rings (SSSR count). The summed E-state index contributed by atoms with van der Waals surface area (Å²) >= 11 is 3.29. The predicted octanol–water partition coefficient (Wildman–Crippen LogP) is 4.02. The molecule has 1 N–H and O–H groups in total. The third-order valence-corrected chi connectivity index (χ3v) is 3.09. The van der Waals surface area contributed by atoms with Crippen molar-refractivity contribution >= 4 is 15.9 Å². The zero-order chi connectivity index (χ0) is 13.0. The quantitative estimate of drug-likeness (QED) is 0.899. The van der Waals surface area contributed by atoms with E-state index < -0.39 is 0 Å². The van der Waals surface area contributed by atoms with E-state index in [0.29, 0.717) is 24.2 Å². The molecule has 4 heteroatoms. The van der Waals surface area contributed by atoms with Gasteiger partial charge in [0.1, 0.15) is 11.6 Å². The molecule has 0 aliphatic heterocycles. The van der Waals surface area contributed by atoms with Crippen LogP contribution in [0.1, 0.15) is 11.1 Å². The Labute approximate surface area is 113 Å². The van der Waals surface area contributed by atoms with Gasteiger partial charge in [-0.3, -0.25) is 0 Å². The fourth-order valence-corrected chi connectivity index (χ4v) is 2.06. The van der Waals surface area contributed by atoms with Gasteiger partial charge in [-0.2, -0.15) is 0 Å². The van der Waals surface area contributed by atoms with Crippen LogP contribution in [0.3, 0.4) is 0 Å². The Morgan fingerprint density at radius 2 is 1.56 bits per heavy atom. The second-order valence-electron chi connectivity index (χ2n) is 3.93. The van der Waals surface area contributed by atoms with Gasteiger partial charge >= 0.3 is 0 Å². The first-order chi connectivity index (χ1) is 8.66. The van der Waals surface area contributed by atoms with Gasteiger partial charge in [0, 0.05) is 28.7 Å². The lowest BCUT2D eigenvalue weighted by atomic mass is 10.2. The average Bonchev–Trinajstić information content (AvgIpc) is 2.36. The largest absolute Gasteiger partial charge is 0.308 e. The van der Waals surface area contributed by atoms with Gasteiger partial charge in [-0.1, -0.05) is 34.1 Å². The van der Waals surface area contributed by atoms with Gasteiger partial charge < -0.3 is 5.32 Å². The average molecular weight is 312 g/mol. The van der Waals surface area contributed by atoms with Crippen molar-refractivity contribution in [1.82, 2.24) is 5.32 Å². The zero-order valence-electron chi connectivity index (χ0n) is 9.59. The van der Waals surface area contributed by atoms with Crippen molar-refractivity contribution in [2.75, 3.05) is 0 Å². The van der Waals surface area contributed by atoms with E-state index in [9.17, 15) is 8.78 Å². The summed E-state index contributed by atoms with van der Waals surface area (Å²) in [5.74, 6) is -0.515. The van der Waals surface area contributed by atoms with Gasteiger partial charge in [-0.15, -0.1) is 0 Å². The summed E-state index contributed by atoms with van der Waals surface area (Å²) in [4.78, 5) is 0. The molecule has 0 radical (unpaired) electrons. The van der Waals surface area contributed by atoms with E-state index in [1.54, 1.807) is 30.3 Å². The third kappa shape index (κ3) is 3.37. The number of halogens is 3. The lowest BCUT2D eigenvalue weighted by Crippen LogP contribution is -2.14. The number of nitrogens with one attached hydrogen (secondary N) is 1. The van der Waals surface area contributed by atoms with Gasteiger partial charge in [0.2, 0.25) is 0 Å². The van der Waals surface area contributed by atoms with E-state index in [0.717, 1.165) is 4.47 Å². The predicted molar refractivity (Wildman–Crippen MR) is 71.0 cm³/mol. The fraction of sp³-hybridized carbons (Fsp3) is 0.143. The summed E-state index contributed by atoms with van der Waals surface area (Å²) in [6.45, 7) is 0.734. The third-order valence-electron chi connectivity index (χ3n) is 2.60. The monoisotopic (exact) mass is 311 g/mol. The molecular formula is C14H12BrF2N. The number of hydrogen-bond donors (Lipinski definition) is 1. The van der Waals surface area contributed by atoms with Crippen LogP contribution in [0.2, 0.25) is 0 Å². The summed E-state index contributed by atoms with van der Waals surface area (Å²) in [5.41, 5.74) is 1.13. The Morgan fingerprint density at radius 1 is 0.889 bits per heavy atom. The van der Waals surface area contributed by atoms with Crippen molar-refractivity contribution in [3.63, 3.8) is 0 Å². The summed E-state index contributed by atoms with van der Waals surface area (Å²) in [6, 6.07) is 11.3. The van der Waals surface area contributed by atoms with Crippen molar-refractivity contribution in [3.8, 4) is 0 Å². The molecular weight excluding hydrogens is 300 g/mol. The molecule has 0 unspecified atom stereocenters. The number of rotatable bonds is 4. The normalized spacial score (nSPS) is 10.6. The molecule has 0 atom stereocenters. The molecule has 0 fully saturated rings. The molecule has 1 nitrogen and oxygen atoms in total. The molecule has 0 aliphatic rings. The lowest BCUT2D eigenvalue weighted by Gasteiger charge is -2.07. The maximum absolute atomic E-state index is 13.4. The Kier molecular flexibility index (Phi) is 4.44. The number of benzene rings is 2. The first-order valence-corrected chi connectivity index (χ1v) is 6.34. The SMILES string of the molecule is Fc1ccccc1CNCc1cc(Br)ccc1F. The van der Waals surface area contributed by atoms with Gasteiger partial charge in [0.15, 0.2) is 0 Å². The second kappa shape index (κ2) is 6.07. The van der Waals surface area contributed by atoms with Crippen LogP contribution in [0.5, 0.6) is 0 Å².